The number of aliphatic hydroxyl groups excluding tert-OH is 1. The lowest BCUT2D eigenvalue weighted by Crippen LogP contribution is -2.50. The molecule has 5 heteroatoms. The maximum Gasteiger partial charge on any atom is 0.315 e. The molecule has 2 atom stereocenters. The Morgan fingerprint density at radius 3 is 2.84 bits per heavy atom. The Morgan fingerprint density at radius 1 is 1.58 bits per heavy atom. The summed E-state index contributed by atoms with van der Waals surface area (Å²) in [7, 11) is 0. The number of urea groups is 1. The van der Waals surface area contributed by atoms with E-state index in [1.165, 1.54) is 5.56 Å². The summed E-state index contributed by atoms with van der Waals surface area (Å²) in [5.74, 6) is 0.308. The summed E-state index contributed by atoms with van der Waals surface area (Å²) in [6.45, 7) is 6.74. The normalized spacial score (nSPS) is 15.6. The fourth-order valence-electron chi connectivity index (χ4n) is 1.81. The van der Waals surface area contributed by atoms with E-state index in [4.69, 9.17) is 5.11 Å². The van der Waals surface area contributed by atoms with Gasteiger partial charge in [0.2, 0.25) is 0 Å². The van der Waals surface area contributed by atoms with Crippen molar-refractivity contribution in [3.8, 4) is 0 Å². The standard InChI is InChI=1S/C14H24N2O2S/c1-4-14(3,6-7-17)16-13(18)15-9-11(2)12-5-8-19-10-12/h5,8,10-11,17H,4,6-7,9H2,1-3H3,(H2,15,16,18)/t11-,14+/m0/s1. The largest absolute Gasteiger partial charge is 0.396 e. The molecular weight excluding hydrogens is 260 g/mol. The van der Waals surface area contributed by atoms with Gasteiger partial charge in [0, 0.05) is 18.7 Å². The maximum absolute atomic E-state index is 11.9. The van der Waals surface area contributed by atoms with Gasteiger partial charge in [-0.05, 0) is 48.1 Å². The number of amides is 2. The molecule has 0 aliphatic rings. The second-order valence-corrected chi connectivity index (χ2v) is 5.96. The minimum atomic E-state index is -0.343. The van der Waals surface area contributed by atoms with Gasteiger partial charge in [0.1, 0.15) is 0 Å². The Balaban J connectivity index is 2.39. The second kappa shape index (κ2) is 7.50. The average molecular weight is 284 g/mol. The molecule has 4 nitrogen and oxygen atoms in total. The zero-order valence-corrected chi connectivity index (χ0v) is 12.7. The summed E-state index contributed by atoms with van der Waals surface area (Å²) in [4.78, 5) is 11.9. The molecule has 0 radical (unpaired) electrons. The molecule has 0 aliphatic heterocycles. The maximum atomic E-state index is 11.9. The van der Waals surface area contributed by atoms with E-state index in [1.807, 2.05) is 19.2 Å². The van der Waals surface area contributed by atoms with Crippen LogP contribution in [-0.2, 0) is 0 Å². The van der Waals surface area contributed by atoms with E-state index in [1.54, 1.807) is 11.3 Å². The number of thiophene rings is 1. The molecule has 0 fully saturated rings. The van der Waals surface area contributed by atoms with Crippen LogP contribution in [0, 0.1) is 0 Å². The molecule has 0 saturated carbocycles. The molecule has 2 amide bonds. The van der Waals surface area contributed by atoms with Crippen molar-refractivity contribution in [2.75, 3.05) is 13.2 Å². The molecule has 0 spiro atoms. The van der Waals surface area contributed by atoms with Gasteiger partial charge < -0.3 is 15.7 Å². The topological polar surface area (TPSA) is 61.4 Å². The van der Waals surface area contributed by atoms with Crippen molar-refractivity contribution in [2.24, 2.45) is 0 Å². The number of rotatable bonds is 7. The highest BCUT2D eigenvalue weighted by atomic mass is 32.1. The zero-order chi connectivity index (χ0) is 14.3. The van der Waals surface area contributed by atoms with E-state index < -0.39 is 0 Å². The Kier molecular flexibility index (Phi) is 6.31. The molecule has 3 N–H and O–H groups in total. The number of carbonyl (C=O) groups excluding carboxylic acids is 1. The van der Waals surface area contributed by atoms with Crippen molar-refractivity contribution in [1.82, 2.24) is 10.6 Å². The second-order valence-electron chi connectivity index (χ2n) is 5.18. The third kappa shape index (κ3) is 5.20. The molecule has 1 aromatic rings. The first-order valence-corrected chi connectivity index (χ1v) is 7.64. The molecule has 0 saturated heterocycles. The molecular formula is C14H24N2O2S. The third-order valence-corrected chi connectivity index (χ3v) is 4.24. The molecule has 0 aliphatic carbocycles. The summed E-state index contributed by atoms with van der Waals surface area (Å²) < 4.78 is 0. The summed E-state index contributed by atoms with van der Waals surface area (Å²) in [6, 6.07) is 1.91. The van der Waals surface area contributed by atoms with Crippen LogP contribution in [-0.4, -0.2) is 29.8 Å². The van der Waals surface area contributed by atoms with Gasteiger partial charge in [-0.15, -0.1) is 0 Å². The number of hydrogen-bond acceptors (Lipinski definition) is 3. The quantitative estimate of drug-likeness (QED) is 0.721. The average Bonchev–Trinajstić information content (AvgIpc) is 2.90. The lowest BCUT2D eigenvalue weighted by molar-refractivity contribution is 0.200. The van der Waals surface area contributed by atoms with Crippen LogP contribution < -0.4 is 10.6 Å². The first-order chi connectivity index (χ1) is 9.00. The smallest absolute Gasteiger partial charge is 0.315 e. The predicted molar refractivity (Wildman–Crippen MR) is 79.7 cm³/mol. The zero-order valence-electron chi connectivity index (χ0n) is 11.9. The predicted octanol–water partition coefficient (Wildman–Crippen LogP) is 2.70. The fourth-order valence-corrected chi connectivity index (χ4v) is 2.59. The number of carbonyl (C=O) groups is 1. The lowest BCUT2D eigenvalue weighted by atomic mass is 9.95. The minimum Gasteiger partial charge on any atom is -0.396 e. The minimum absolute atomic E-state index is 0.0793. The Morgan fingerprint density at radius 2 is 2.32 bits per heavy atom. The Hall–Kier alpha value is -1.07. The highest BCUT2D eigenvalue weighted by molar-refractivity contribution is 7.07. The van der Waals surface area contributed by atoms with E-state index in [-0.39, 0.29) is 18.2 Å². The molecule has 1 rings (SSSR count). The Bertz CT molecular complexity index is 381. The van der Waals surface area contributed by atoms with E-state index >= 15 is 0 Å². The molecule has 0 unspecified atom stereocenters. The Labute approximate surface area is 119 Å². The van der Waals surface area contributed by atoms with Crippen molar-refractivity contribution in [3.05, 3.63) is 22.4 Å². The number of hydrogen-bond donors (Lipinski definition) is 3. The highest BCUT2D eigenvalue weighted by Gasteiger charge is 2.23. The molecule has 1 heterocycles. The monoisotopic (exact) mass is 284 g/mol. The van der Waals surface area contributed by atoms with Gasteiger partial charge >= 0.3 is 6.03 Å². The molecule has 1 aromatic heterocycles. The van der Waals surface area contributed by atoms with E-state index in [0.29, 0.717) is 18.9 Å². The summed E-state index contributed by atoms with van der Waals surface area (Å²) in [5.41, 5.74) is 0.906. The number of aliphatic hydroxyl groups is 1. The van der Waals surface area contributed by atoms with Gasteiger partial charge in [-0.25, -0.2) is 4.79 Å². The van der Waals surface area contributed by atoms with Crippen LogP contribution in [0.2, 0.25) is 0 Å². The van der Waals surface area contributed by atoms with Crippen molar-refractivity contribution in [1.29, 1.82) is 0 Å². The first-order valence-electron chi connectivity index (χ1n) is 6.69. The van der Waals surface area contributed by atoms with Gasteiger partial charge in [0.15, 0.2) is 0 Å². The third-order valence-electron chi connectivity index (χ3n) is 3.54. The van der Waals surface area contributed by atoms with Crippen molar-refractivity contribution in [2.45, 2.75) is 45.1 Å². The van der Waals surface area contributed by atoms with Gasteiger partial charge in [0.05, 0.1) is 0 Å². The number of nitrogens with one attached hydrogen (secondary N) is 2. The highest BCUT2D eigenvalue weighted by Crippen LogP contribution is 2.17. The van der Waals surface area contributed by atoms with E-state index in [2.05, 4.69) is 29.0 Å². The van der Waals surface area contributed by atoms with Crippen LogP contribution in [0.25, 0.3) is 0 Å². The van der Waals surface area contributed by atoms with Gasteiger partial charge in [-0.1, -0.05) is 13.8 Å². The summed E-state index contributed by atoms with van der Waals surface area (Å²) in [6.07, 6.45) is 1.36. The van der Waals surface area contributed by atoms with Gasteiger partial charge in [-0.2, -0.15) is 11.3 Å². The van der Waals surface area contributed by atoms with Crippen molar-refractivity contribution >= 4 is 17.4 Å². The van der Waals surface area contributed by atoms with Crippen LogP contribution in [0.1, 0.15) is 45.1 Å². The lowest BCUT2D eigenvalue weighted by Gasteiger charge is -2.29. The van der Waals surface area contributed by atoms with Crippen LogP contribution in [0.4, 0.5) is 4.79 Å². The van der Waals surface area contributed by atoms with Crippen molar-refractivity contribution < 1.29 is 9.90 Å². The molecule has 0 aromatic carbocycles. The summed E-state index contributed by atoms with van der Waals surface area (Å²) in [5, 5.41) is 19.0. The molecule has 0 bridgehead atoms. The molecule has 108 valence electrons. The van der Waals surface area contributed by atoms with Crippen LogP contribution in [0.15, 0.2) is 16.8 Å². The fraction of sp³-hybridized carbons (Fsp3) is 0.643. The SMILES string of the molecule is CC[C@](C)(CCO)NC(=O)NC[C@H](C)c1ccsc1. The van der Waals surface area contributed by atoms with Crippen LogP contribution in [0.5, 0.6) is 0 Å². The van der Waals surface area contributed by atoms with Gasteiger partial charge in [-0.3, -0.25) is 0 Å². The summed E-state index contributed by atoms with van der Waals surface area (Å²) >= 11 is 1.67. The van der Waals surface area contributed by atoms with E-state index in [9.17, 15) is 4.79 Å². The first kappa shape index (κ1) is 16.0. The van der Waals surface area contributed by atoms with Crippen LogP contribution >= 0.6 is 11.3 Å². The van der Waals surface area contributed by atoms with E-state index in [0.717, 1.165) is 6.42 Å². The van der Waals surface area contributed by atoms with Gasteiger partial charge in [0.25, 0.3) is 0 Å². The molecule has 19 heavy (non-hydrogen) atoms. The van der Waals surface area contributed by atoms with Crippen molar-refractivity contribution in [3.63, 3.8) is 0 Å². The van der Waals surface area contributed by atoms with Crippen LogP contribution in [0.3, 0.4) is 0 Å².